The molecule has 0 spiro atoms. The molecule has 0 atom stereocenters. The van der Waals surface area contributed by atoms with Gasteiger partial charge in [-0.2, -0.15) is 0 Å². The third-order valence-electron chi connectivity index (χ3n) is 3.93. The Kier molecular flexibility index (Phi) is 6.63. The van der Waals surface area contributed by atoms with E-state index in [4.69, 9.17) is 0 Å². The van der Waals surface area contributed by atoms with Crippen molar-refractivity contribution < 1.29 is 4.79 Å². The van der Waals surface area contributed by atoms with E-state index in [0.29, 0.717) is 12.3 Å². The van der Waals surface area contributed by atoms with Crippen LogP contribution in [0.4, 0.5) is 0 Å². The first-order valence-corrected chi connectivity index (χ1v) is 7.81. The Balaban J connectivity index is 1.58. The summed E-state index contributed by atoms with van der Waals surface area (Å²) in [4.78, 5) is 20.3. The van der Waals surface area contributed by atoms with E-state index in [2.05, 4.69) is 34.4 Å². The number of rotatable bonds is 7. The number of likely N-dealkylation sites (N-methyl/N-ethyl adjacent to an activating group) is 1. The second-order valence-electron chi connectivity index (χ2n) is 5.64. The summed E-state index contributed by atoms with van der Waals surface area (Å²) in [5, 5.41) is 3.27. The molecule has 1 amide bonds. The lowest BCUT2D eigenvalue weighted by Crippen LogP contribution is -2.46. The molecule has 116 valence electrons. The fraction of sp³-hybridized carbons (Fsp3) is 0.625. The molecule has 1 aromatic heterocycles. The third-order valence-corrected chi connectivity index (χ3v) is 3.93. The Hall–Kier alpha value is -1.46. The van der Waals surface area contributed by atoms with Crippen molar-refractivity contribution in [2.24, 2.45) is 0 Å². The van der Waals surface area contributed by atoms with Gasteiger partial charge in [0.2, 0.25) is 5.91 Å². The highest BCUT2D eigenvalue weighted by molar-refractivity contribution is 5.76. The van der Waals surface area contributed by atoms with Crippen molar-refractivity contribution >= 4 is 5.91 Å². The van der Waals surface area contributed by atoms with Crippen LogP contribution in [-0.2, 0) is 11.2 Å². The van der Waals surface area contributed by atoms with Crippen molar-refractivity contribution in [3.63, 3.8) is 0 Å². The molecule has 0 aromatic carbocycles. The molecular weight excluding hydrogens is 264 g/mol. The summed E-state index contributed by atoms with van der Waals surface area (Å²) < 4.78 is 0. The van der Waals surface area contributed by atoms with Crippen LogP contribution in [0, 0.1) is 0 Å². The van der Waals surface area contributed by atoms with E-state index in [9.17, 15) is 4.79 Å². The van der Waals surface area contributed by atoms with Gasteiger partial charge in [-0.3, -0.25) is 9.78 Å². The van der Waals surface area contributed by atoms with Crippen LogP contribution in [0.25, 0.3) is 0 Å². The Bertz CT molecular complexity index is 418. The van der Waals surface area contributed by atoms with Crippen LogP contribution in [0.1, 0.15) is 18.4 Å². The van der Waals surface area contributed by atoms with E-state index in [1.54, 1.807) is 0 Å². The number of pyridine rings is 1. The summed E-state index contributed by atoms with van der Waals surface area (Å²) >= 11 is 0. The maximum Gasteiger partial charge on any atom is 0.222 e. The van der Waals surface area contributed by atoms with E-state index in [1.165, 1.54) is 5.56 Å². The molecule has 0 aliphatic carbocycles. The van der Waals surface area contributed by atoms with Crippen molar-refractivity contribution in [3.05, 3.63) is 30.1 Å². The maximum absolute atomic E-state index is 12.0. The molecule has 0 saturated carbocycles. The van der Waals surface area contributed by atoms with E-state index >= 15 is 0 Å². The molecule has 1 fully saturated rings. The molecule has 0 bridgehead atoms. The Labute approximate surface area is 127 Å². The van der Waals surface area contributed by atoms with Crippen molar-refractivity contribution in [1.82, 2.24) is 20.1 Å². The average molecular weight is 290 g/mol. The number of nitrogens with zero attached hydrogens (tertiary/aromatic N) is 3. The molecule has 1 aliphatic heterocycles. The van der Waals surface area contributed by atoms with Gasteiger partial charge in [0.05, 0.1) is 0 Å². The number of hydrogen-bond donors (Lipinski definition) is 1. The number of aromatic nitrogens is 1. The first kappa shape index (κ1) is 15.9. The minimum absolute atomic E-state index is 0.305. The van der Waals surface area contributed by atoms with Gasteiger partial charge in [-0.25, -0.2) is 0 Å². The second-order valence-corrected chi connectivity index (χ2v) is 5.64. The van der Waals surface area contributed by atoms with Crippen LogP contribution in [0.3, 0.4) is 0 Å². The molecule has 21 heavy (non-hydrogen) atoms. The van der Waals surface area contributed by atoms with E-state index in [1.807, 2.05) is 17.3 Å². The van der Waals surface area contributed by atoms with Gasteiger partial charge in [-0.1, -0.05) is 0 Å². The van der Waals surface area contributed by atoms with Gasteiger partial charge in [0.15, 0.2) is 0 Å². The summed E-state index contributed by atoms with van der Waals surface area (Å²) in [6.45, 7) is 5.57. The van der Waals surface area contributed by atoms with Crippen molar-refractivity contribution in [2.75, 3.05) is 46.3 Å². The fourth-order valence-corrected chi connectivity index (χ4v) is 2.55. The van der Waals surface area contributed by atoms with E-state index in [0.717, 1.165) is 52.1 Å². The Morgan fingerprint density at radius 2 is 2.00 bits per heavy atom. The van der Waals surface area contributed by atoms with Gasteiger partial charge in [-0.05, 0) is 44.1 Å². The molecule has 5 nitrogen and oxygen atoms in total. The minimum atomic E-state index is 0.305. The molecule has 5 heteroatoms. The van der Waals surface area contributed by atoms with Gasteiger partial charge in [0.25, 0.3) is 0 Å². The van der Waals surface area contributed by atoms with Crippen LogP contribution in [0.5, 0.6) is 0 Å². The Morgan fingerprint density at radius 3 is 2.71 bits per heavy atom. The molecule has 0 radical (unpaired) electrons. The number of carbonyl (C=O) groups excluding carboxylic acids is 1. The monoisotopic (exact) mass is 290 g/mol. The zero-order valence-corrected chi connectivity index (χ0v) is 12.9. The number of piperazine rings is 1. The maximum atomic E-state index is 12.0. The molecule has 0 unspecified atom stereocenters. The standard InChI is InChI=1S/C16H26N4O/c1-19(12-6-15-4-7-17-8-5-15)11-2-3-16(21)20-13-9-18-10-14-20/h4-5,7-8,18H,2-3,6,9-14H2,1H3. The highest BCUT2D eigenvalue weighted by atomic mass is 16.2. The van der Waals surface area contributed by atoms with Gasteiger partial charge in [0.1, 0.15) is 0 Å². The van der Waals surface area contributed by atoms with Crippen LogP contribution < -0.4 is 5.32 Å². The molecule has 1 saturated heterocycles. The van der Waals surface area contributed by atoms with Crippen LogP contribution in [0.2, 0.25) is 0 Å². The second kappa shape index (κ2) is 8.74. The summed E-state index contributed by atoms with van der Waals surface area (Å²) in [6, 6.07) is 4.11. The summed E-state index contributed by atoms with van der Waals surface area (Å²) in [6.07, 6.45) is 6.31. The van der Waals surface area contributed by atoms with Gasteiger partial charge >= 0.3 is 0 Å². The van der Waals surface area contributed by atoms with Gasteiger partial charge in [-0.15, -0.1) is 0 Å². The summed E-state index contributed by atoms with van der Waals surface area (Å²) in [5.41, 5.74) is 1.31. The molecular formula is C16H26N4O. The number of carbonyl (C=O) groups is 1. The zero-order chi connectivity index (χ0) is 14.9. The number of hydrogen-bond acceptors (Lipinski definition) is 4. The fourth-order valence-electron chi connectivity index (χ4n) is 2.55. The molecule has 2 heterocycles. The lowest BCUT2D eigenvalue weighted by molar-refractivity contribution is -0.131. The topological polar surface area (TPSA) is 48.5 Å². The average Bonchev–Trinajstić information content (AvgIpc) is 2.54. The smallest absolute Gasteiger partial charge is 0.222 e. The normalized spacial score (nSPS) is 15.4. The summed E-state index contributed by atoms with van der Waals surface area (Å²) in [7, 11) is 2.12. The molecule has 1 aliphatic rings. The summed E-state index contributed by atoms with van der Waals surface area (Å²) in [5.74, 6) is 0.305. The lowest BCUT2D eigenvalue weighted by Gasteiger charge is -2.27. The zero-order valence-electron chi connectivity index (χ0n) is 12.9. The Morgan fingerprint density at radius 1 is 1.29 bits per heavy atom. The van der Waals surface area contributed by atoms with Crippen LogP contribution >= 0.6 is 0 Å². The van der Waals surface area contributed by atoms with Crippen molar-refractivity contribution in [3.8, 4) is 0 Å². The van der Waals surface area contributed by atoms with E-state index in [-0.39, 0.29) is 0 Å². The first-order valence-electron chi connectivity index (χ1n) is 7.81. The van der Waals surface area contributed by atoms with Gasteiger partial charge < -0.3 is 15.1 Å². The predicted octanol–water partition coefficient (Wildman–Crippen LogP) is 0.768. The number of amides is 1. The minimum Gasteiger partial charge on any atom is -0.340 e. The van der Waals surface area contributed by atoms with Gasteiger partial charge in [0, 0.05) is 51.5 Å². The third kappa shape index (κ3) is 5.81. The van der Waals surface area contributed by atoms with Crippen molar-refractivity contribution in [1.29, 1.82) is 0 Å². The quantitative estimate of drug-likeness (QED) is 0.806. The molecule has 1 N–H and O–H groups in total. The van der Waals surface area contributed by atoms with Crippen molar-refractivity contribution in [2.45, 2.75) is 19.3 Å². The first-order chi connectivity index (χ1) is 10.3. The largest absolute Gasteiger partial charge is 0.340 e. The van der Waals surface area contributed by atoms with Crippen LogP contribution in [-0.4, -0.2) is 67.0 Å². The lowest BCUT2D eigenvalue weighted by atomic mass is 10.2. The van der Waals surface area contributed by atoms with E-state index < -0.39 is 0 Å². The molecule has 2 rings (SSSR count). The molecule has 1 aromatic rings. The highest BCUT2D eigenvalue weighted by Gasteiger charge is 2.15. The van der Waals surface area contributed by atoms with Crippen LogP contribution in [0.15, 0.2) is 24.5 Å². The predicted molar refractivity (Wildman–Crippen MR) is 84.1 cm³/mol. The number of nitrogens with one attached hydrogen (secondary N) is 1. The SMILES string of the molecule is CN(CCCC(=O)N1CCNCC1)CCc1ccncc1. The highest BCUT2D eigenvalue weighted by Crippen LogP contribution is 2.03.